The van der Waals surface area contributed by atoms with Crippen molar-refractivity contribution in [2.24, 2.45) is 0 Å². The van der Waals surface area contributed by atoms with Crippen LogP contribution in [-0.2, 0) is 0 Å². The van der Waals surface area contributed by atoms with E-state index in [0.29, 0.717) is 11.3 Å². The fourth-order valence-corrected chi connectivity index (χ4v) is 1.93. The quantitative estimate of drug-likeness (QED) is 0.769. The summed E-state index contributed by atoms with van der Waals surface area (Å²) in [5.41, 5.74) is 0.647. The van der Waals surface area contributed by atoms with Gasteiger partial charge in [-0.05, 0) is 18.6 Å². The Hall–Kier alpha value is -1.84. The minimum Gasteiger partial charge on any atom is -0.356 e. The second kappa shape index (κ2) is 6.19. The molecule has 0 amide bonds. The zero-order valence-electron chi connectivity index (χ0n) is 10.7. The van der Waals surface area contributed by atoms with Crippen molar-refractivity contribution >= 4 is 16.9 Å². The van der Waals surface area contributed by atoms with E-state index in [-0.39, 0.29) is 5.56 Å². The van der Waals surface area contributed by atoms with Gasteiger partial charge in [-0.15, -0.1) is 0 Å². The molecule has 0 aliphatic rings. The number of hydrogen-bond acceptors (Lipinski definition) is 3. The highest BCUT2D eigenvalue weighted by atomic mass is 16.1. The van der Waals surface area contributed by atoms with Crippen LogP contribution in [-0.4, -0.2) is 16.5 Å². The number of unbranched alkanes of at least 4 members (excludes halogenated alkanes) is 3. The molecule has 0 bridgehead atoms. The minimum atomic E-state index is -0.0864. The molecule has 4 heteroatoms. The Balaban J connectivity index is 2.03. The van der Waals surface area contributed by atoms with Gasteiger partial charge in [-0.1, -0.05) is 38.3 Å². The van der Waals surface area contributed by atoms with Crippen LogP contribution in [0.1, 0.15) is 32.6 Å². The van der Waals surface area contributed by atoms with Gasteiger partial charge in [0, 0.05) is 6.54 Å². The summed E-state index contributed by atoms with van der Waals surface area (Å²) in [7, 11) is 0. The van der Waals surface area contributed by atoms with Crippen LogP contribution in [0, 0.1) is 0 Å². The maximum Gasteiger partial charge on any atom is 0.260 e. The van der Waals surface area contributed by atoms with Crippen molar-refractivity contribution < 1.29 is 0 Å². The summed E-state index contributed by atoms with van der Waals surface area (Å²) < 4.78 is 0. The smallest absolute Gasteiger partial charge is 0.260 e. The van der Waals surface area contributed by atoms with Gasteiger partial charge in [-0.3, -0.25) is 9.78 Å². The van der Waals surface area contributed by atoms with Crippen molar-refractivity contribution in [3.8, 4) is 0 Å². The van der Waals surface area contributed by atoms with Crippen LogP contribution >= 0.6 is 0 Å². The molecule has 2 aromatic rings. The van der Waals surface area contributed by atoms with E-state index in [9.17, 15) is 4.79 Å². The monoisotopic (exact) mass is 245 g/mol. The number of hydrogen-bond donors (Lipinski definition) is 2. The van der Waals surface area contributed by atoms with Crippen LogP contribution in [0.5, 0.6) is 0 Å². The van der Waals surface area contributed by atoms with Gasteiger partial charge in [-0.2, -0.15) is 0 Å². The van der Waals surface area contributed by atoms with Gasteiger partial charge >= 0.3 is 0 Å². The van der Waals surface area contributed by atoms with E-state index in [0.717, 1.165) is 18.5 Å². The maximum absolute atomic E-state index is 11.8. The van der Waals surface area contributed by atoms with Gasteiger partial charge in [0.15, 0.2) is 0 Å². The minimum absolute atomic E-state index is 0.0864. The highest BCUT2D eigenvalue weighted by molar-refractivity contribution is 5.78. The van der Waals surface area contributed by atoms with E-state index < -0.39 is 0 Å². The van der Waals surface area contributed by atoms with Crippen LogP contribution in [0.2, 0.25) is 0 Å². The lowest BCUT2D eigenvalue weighted by atomic mass is 10.2. The fourth-order valence-electron chi connectivity index (χ4n) is 1.93. The van der Waals surface area contributed by atoms with Crippen molar-refractivity contribution in [2.45, 2.75) is 32.6 Å². The average Bonchev–Trinajstić information content (AvgIpc) is 2.39. The first kappa shape index (κ1) is 12.6. The Morgan fingerprint density at radius 3 is 2.89 bits per heavy atom. The van der Waals surface area contributed by atoms with Gasteiger partial charge in [0.1, 0.15) is 0 Å². The summed E-state index contributed by atoms with van der Waals surface area (Å²) >= 11 is 0. The first-order valence-corrected chi connectivity index (χ1v) is 6.54. The predicted octanol–water partition coefficient (Wildman–Crippen LogP) is 2.92. The number of fused-ring (bicyclic) bond motifs is 1. The number of nitrogens with one attached hydrogen (secondary N) is 2. The number of aromatic amines is 1. The third-order valence-corrected chi connectivity index (χ3v) is 2.94. The lowest BCUT2D eigenvalue weighted by Gasteiger charge is -2.05. The number of H-pyrrole nitrogens is 1. The Morgan fingerprint density at radius 1 is 1.22 bits per heavy atom. The molecular weight excluding hydrogens is 226 g/mol. The fraction of sp³-hybridized carbons (Fsp3) is 0.429. The van der Waals surface area contributed by atoms with Crippen LogP contribution in [0.4, 0.5) is 5.95 Å². The maximum atomic E-state index is 11.8. The zero-order chi connectivity index (χ0) is 12.8. The molecule has 0 saturated heterocycles. The van der Waals surface area contributed by atoms with Gasteiger partial charge in [0.25, 0.3) is 5.56 Å². The third kappa shape index (κ3) is 3.09. The molecule has 1 aromatic carbocycles. The molecule has 18 heavy (non-hydrogen) atoms. The molecule has 0 aliphatic heterocycles. The van der Waals surface area contributed by atoms with Gasteiger partial charge in [-0.25, -0.2) is 4.98 Å². The summed E-state index contributed by atoms with van der Waals surface area (Å²) in [6.45, 7) is 3.04. The normalized spacial score (nSPS) is 10.7. The molecular formula is C14H19N3O. The lowest BCUT2D eigenvalue weighted by molar-refractivity contribution is 0.683. The van der Waals surface area contributed by atoms with Crippen LogP contribution in [0.25, 0.3) is 10.9 Å². The molecule has 0 radical (unpaired) electrons. The molecule has 2 rings (SSSR count). The number of aromatic nitrogens is 2. The van der Waals surface area contributed by atoms with Gasteiger partial charge < -0.3 is 5.32 Å². The van der Waals surface area contributed by atoms with E-state index >= 15 is 0 Å². The second-order valence-electron chi connectivity index (χ2n) is 4.42. The summed E-state index contributed by atoms with van der Waals surface area (Å²) in [4.78, 5) is 18.9. The van der Waals surface area contributed by atoms with Crippen molar-refractivity contribution in [1.82, 2.24) is 9.97 Å². The van der Waals surface area contributed by atoms with Crippen molar-refractivity contribution in [3.63, 3.8) is 0 Å². The van der Waals surface area contributed by atoms with Crippen LogP contribution in [0.15, 0.2) is 29.1 Å². The van der Waals surface area contributed by atoms with Crippen LogP contribution in [0.3, 0.4) is 0 Å². The molecule has 2 N–H and O–H groups in total. The third-order valence-electron chi connectivity index (χ3n) is 2.94. The topological polar surface area (TPSA) is 57.8 Å². The number of nitrogens with zero attached hydrogens (tertiary/aromatic N) is 1. The summed E-state index contributed by atoms with van der Waals surface area (Å²) in [5, 5.41) is 3.80. The largest absolute Gasteiger partial charge is 0.356 e. The van der Waals surface area contributed by atoms with Crippen molar-refractivity contribution in [1.29, 1.82) is 0 Å². The number of benzene rings is 1. The summed E-state index contributed by atoms with van der Waals surface area (Å²) in [5.74, 6) is 0.565. The molecule has 1 aromatic heterocycles. The zero-order valence-corrected chi connectivity index (χ0v) is 10.7. The summed E-state index contributed by atoms with van der Waals surface area (Å²) in [6, 6.07) is 7.37. The van der Waals surface area contributed by atoms with Crippen molar-refractivity contribution in [2.75, 3.05) is 11.9 Å². The van der Waals surface area contributed by atoms with Crippen LogP contribution < -0.4 is 10.9 Å². The molecule has 96 valence electrons. The number of rotatable bonds is 6. The second-order valence-corrected chi connectivity index (χ2v) is 4.42. The molecule has 0 atom stereocenters. The van der Waals surface area contributed by atoms with Gasteiger partial charge in [0.05, 0.1) is 10.9 Å². The highest BCUT2D eigenvalue weighted by Crippen LogP contribution is 2.08. The molecule has 0 fully saturated rings. The molecule has 0 saturated carbocycles. The average molecular weight is 245 g/mol. The lowest BCUT2D eigenvalue weighted by Crippen LogP contribution is -2.13. The molecule has 0 unspecified atom stereocenters. The Labute approximate surface area is 106 Å². The van der Waals surface area contributed by atoms with E-state index in [4.69, 9.17) is 0 Å². The van der Waals surface area contributed by atoms with Gasteiger partial charge in [0.2, 0.25) is 5.95 Å². The molecule has 0 spiro atoms. The molecule has 4 nitrogen and oxygen atoms in total. The Morgan fingerprint density at radius 2 is 2.06 bits per heavy atom. The number of para-hydroxylation sites is 1. The highest BCUT2D eigenvalue weighted by Gasteiger charge is 2.01. The molecule has 0 aliphatic carbocycles. The van der Waals surface area contributed by atoms with Crippen molar-refractivity contribution in [3.05, 3.63) is 34.6 Å². The first-order chi connectivity index (χ1) is 8.81. The van der Waals surface area contributed by atoms with E-state index in [1.54, 1.807) is 6.07 Å². The Kier molecular flexibility index (Phi) is 4.34. The number of anilines is 1. The standard InChI is InChI=1S/C14H19N3O/c1-2-3-4-7-10-15-14-16-12-9-6-5-8-11(12)13(18)17-14/h5-6,8-9H,2-4,7,10H2,1H3,(H2,15,16,17,18). The predicted molar refractivity (Wildman–Crippen MR) is 75.0 cm³/mol. The van der Waals surface area contributed by atoms with E-state index in [1.807, 2.05) is 18.2 Å². The van der Waals surface area contributed by atoms with E-state index in [1.165, 1.54) is 19.3 Å². The van der Waals surface area contributed by atoms with E-state index in [2.05, 4.69) is 22.2 Å². The SMILES string of the molecule is CCCCCCNc1nc2ccccc2c(=O)[nH]1. The first-order valence-electron chi connectivity index (χ1n) is 6.54. The molecule has 1 heterocycles. The summed E-state index contributed by atoms with van der Waals surface area (Å²) in [6.07, 6.45) is 4.79. The Bertz CT molecular complexity index is 562.